The van der Waals surface area contributed by atoms with Crippen molar-refractivity contribution in [2.45, 2.75) is 19.4 Å². The van der Waals surface area contributed by atoms with Crippen LogP contribution in [0.2, 0.25) is 0 Å². The Bertz CT molecular complexity index is 1160. The third-order valence-electron chi connectivity index (χ3n) is 6.37. The molecule has 3 N–H and O–H groups in total. The van der Waals surface area contributed by atoms with Crippen molar-refractivity contribution in [3.05, 3.63) is 54.3 Å². The number of benzene rings is 2. The first-order chi connectivity index (χ1) is 17.8. The molecule has 0 unspecified atom stereocenters. The number of carbonyl (C=O) groups excluding carboxylic acids is 2. The van der Waals surface area contributed by atoms with Gasteiger partial charge in [0.25, 0.3) is 0 Å². The summed E-state index contributed by atoms with van der Waals surface area (Å²) >= 11 is 0. The number of carbonyl (C=O) groups is 2. The van der Waals surface area contributed by atoms with Crippen molar-refractivity contribution in [3.8, 4) is 11.5 Å². The molecule has 10 nitrogen and oxygen atoms in total. The second-order valence-corrected chi connectivity index (χ2v) is 9.66. The molecule has 2 heterocycles. The fourth-order valence-electron chi connectivity index (χ4n) is 4.62. The summed E-state index contributed by atoms with van der Waals surface area (Å²) < 4.78 is 16.2. The Labute approximate surface area is 217 Å². The van der Waals surface area contributed by atoms with E-state index in [1.807, 2.05) is 32.0 Å². The van der Waals surface area contributed by atoms with Gasteiger partial charge in [-0.2, -0.15) is 0 Å². The average Bonchev–Trinajstić information content (AvgIpc) is 3.43. The lowest BCUT2D eigenvalue weighted by Gasteiger charge is -2.40. The summed E-state index contributed by atoms with van der Waals surface area (Å²) in [6.45, 7) is 8.24. The number of para-hydroxylation sites is 2. The van der Waals surface area contributed by atoms with E-state index in [9.17, 15) is 9.59 Å². The van der Waals surface area contributed by atoms with Gasteiger partial charge in [-0.15, -0.1) is 0 Å². The second kappa shape index (κ2) is 11.4. The summed E-state index contributed by atoms with van der Waals surface area (Å²) in [5.41, 5.74) is 2.55. The average molecular weight is 510 g/mol. The smallest absolute Gasteiger partial charge is 0.313 e. The maximum atomic E-state index is 12.7. The lowest BCUT2D eigenvalue weighted by molar-refractivity contribution is -0.137. The number of methoxy groups -OCH3 is 2. The zero-order valence-electron chi connectivity index (χ0n) is 21.8. The summed E-state index contributed by atoms with van der Waals surface area (Å²) in [5, 5.41) is 8.63. The Balaban J connectivity index is 1.29. The minimum absolute atomic E-state index is 0.393. The lowest BCUT2D eigenvalue weighted by Crippen LogP contribution is -2.57. The van der Waals surface area contributed by atoms with Crippen molar-refractivity contribution in [2.75, 3.05) is 63.9 Å². The summed E-state index contributed by atoms with van der Waals surface area (Å²) in [6, 6.07) is 13.2. The fraction of sp³-hybridized carbons (Fsp3) is 0.407. The first-order valence-corrected chi connectivity index (χ1v) is 12.3. The molecular formula is C27H35N5O5. The van der Waals surface area contributed by atoms with Crippen LogP contribution in [-0.4, -0.2) is 75.9 Å². The highest BCUT2D eigenvalue weighted by atomic mass is 16.5. The van der Waals surface area contributed by atoms with Crippen LogP contribution in [0.15, 0.2) is 48.7 Å². The minimum atomic E-state index is -0.731. The van der Waals surface area contributed by atoms with E-state index in [0.29, 0.717) is 24.7 Å². The van der Waals surface area contributed by atoms with Crippen LogP contribution < -0.4 is 30.3 Å². The van der Waals surface area contributed by atoms with E-state index in [4.69, 9.17) is 14.2 Å². The number of rotatable bonds is 8. The molecule has 0 radical (unpaired) electrons. The first-order valence-electron chi connectivity index (χ1n) is 12.3. The Morgan fingerprint density at radius 1 is 1.00 bits per heavy atom. The van der Waals surface area contributed by atoms with Crippen LogP contribution in [0.4, 0.5) is 11.4 Å². The van der Waals surface area contributed by atoms with Crippen molar-refractivity contribution < 1.29 is 23.8 Å². The minimum Gasteiger partial charge on any atom is -0.496 e. The normalized spacial score (nSPS) is 15.8. The molecular weight excluding hydrogens is 474 g/mol. The standard InChI is InChI=1S/C27H35N5O5/c1-27(2,17-31-11-13-32(14-12-31)22-7-5-6-8-23(22)35-3)30-26(34)25(33)29-19-9-10-20(24(15-19)36-4)21-16-37-18-28-21/h5-10,15-16,28H,11-14,17-18H2,1-4H3,(H,29,33)(H,30,34). The van der Waals surface area contributed by atoms with Crippen molar-refractivity contribution in [1.29, 1.82) is 0 Å². The topological polar surface area (TPSA) is 104 Å². The Kier molecular flexibility index (Phi) is 8.08. The van der Waals surface area contributed by atoms with Gasteiger partial charge in [-0.1, -0.05) is 12.1 Å². The molecule has 2 aromatic rings. The molecule has 2 amide bonds. The Morgan fingerprint density at radius 2 is 1.73 bits per heavy atom. The summed E-state index contributed by atoms with van der Waals surface area (Å²) in [5.74, 6) is -0.00199. The van der Waals surface area contributed by atoms with Gasteiger partial charge in [0.15, 0.2) is 6.73 Å². The van der Waals surface area contributed by atoms with E-state index in [1.54, 1.807) is 38.7 Å². The van der Waals surface area contributed by atoms with Crippen molar-refractivity contribution in [2.24, 2.45) is 0 Å². The van der Waals surface area contributed by atoms with Gasteiger partial charge in [0.05, 0.1) is 25.6 Å². The van der Waals surface area contributed by atoms with Gasteiger partial charge in [0.2, 0.25) is 0 Å². The van der Waals surface area contributed by atoms with E-state index in [2.05, 4.69) is 31.8 Å². The molecule has 2 aromatic carbocycles. The van der Waals surface area contributed by atoms with Crippen molar-refractivity contribution in [3.63, 3.8) is 0 Å². The van der Waals surface area contributed by atoms with Gasteiger partial charge in [0, 0.05) is 55.6 Å². The fourth-order valence-corrected chi connectivity index (χ4v) is 4.62. The van der Waals surface area contributed by atoms with E-state index in [1.165, 1.54) is 0 Å². The first kappa shape index (κ1) is 26.2. The molecule has 2 aliphatic heterocycles. The lowest BCUT2D eigenvalue weighted by atomic mass is 10.0. The number of ether oxygens (including phenoxy) is 3. The van der Waals surface area contributed by atoms with Gasteiger partial charge < -0.3 is 35.1 Å². The maximum Gasteiger partial charge on any atom is 0.313 e. The zero-order chi connectivity index (χ0) is 26.4. The number of piperazine rings is 1. The van der Waals surface area contributed by atoms with Crippen LogP contribution in [0, 0.1) is 0 Å². The molecule has 0 aromatic heterocycles. The van der Waals surface area contributed by atoms with Crippen LogP contribution in [0.1, 0.15) is 19.4 Å². The third kappa shape index (κ3) is 6.45. The van der Waals surface area contributed by atoms with Crippen LogP contribution in [0.5, 0.6) is 11.5 Å². The summed E-state index contributed by atoms with van der Waals surface area (Å²) in [7, 11) is 3.23. The molecule has 0 saturated carbocycles. The largest absolute Gasteiger partial charge is 0.496 e. The van der Waals surface area contributed by atoms with Crippen LogP contribution in [0.25, 0.3) is 5.70 Å². The van der Waals surface area contributed by atoms with Crippen molar-refractivity contribution in [1.82, 2.24) is 15.5 Å². The number of nitrogens with one attached hydrogen (secondary N) is 3. The highest BCUT2D eigenvalue weighted by molar-refractivity contribution is 6.39. The summed E-state index contributed by atoms with van der Waals surface area (Å²) in [6.07, 6.45) is 1.62. The van der Waals surface area contributed by atoms with Gasteiger partial charge >= 0.3 is 11.8 Å². The van der Waals surface area contributed by atoms with Gasteiger partial charge in [-0.05, 0) is 38.1 Å². The quantitative estimate of drug-likeness (QED) is 0.466. The number of amides is 2. The Hall–Kier alpha value is -3.92. The molecule has 2 aliphatic rings. The highest BCUT2D eigenvalue weighted by Crippen LogP contribution is 2.30. The summed E-state index contributed by atoms with van der Waals surface area (Å²) in [4.78, 5) is 30.0. The van der Waals surface area contributed by atoms with Crippen LogP contribution in [0.3, 0.4) is 0 Å². The van der Waals surface area contributed by atoms with Gasteiger partial charge in [0.1, 0.15) is 17.8 Å². The van der Waals surface area contributed by atoms with Gasteiger partial charge in [-0.3, -0.25) is 14.5 Å². The van der Waals surface area contributed by atoms with E-state index < -0.39 is 17.4 Å². The molecule has 1 saturated heterocycles. The molecule has 0 atom stereocenters. The SMILES string of the molecule is COc1cc(NC(=O)C(=O)NC(C)(C)CN2CCN(c3ccccc3OC)CC2)ccc1C1=COCN1. The van der Waals surface area contributed by atoms with E-state index in [0.717, 1.165) is 48.9 Å². The molecule has 10 heteroatoms. The number of anilines is 2. The molecule has 0 bridgehead atoms. The molecule has 4 rings (SSSR count). The molecule has 198 valence electrons. The maximum absolute atomic E-state index is 12.7. The Morgan fingerprint density at radius 3 is 2.41 bits per heavy atom. The number of hydrogen-bond donors (Lipinski definition) is 3. The van der Waals surface area contributed by atoms with Crippen LogP contribution >= 0.6 is 0 Å². The monoisotopic (exact) mass is 509 g/mol. The second-order valence-electron chi connectivity index (χ2n) is 9.66. The predicted molar refractivity (Wildman–Crippen MR) is 143 cm³/mol. The highest BCUT2D eigenvalue weighted by Gasteiger charge is 2.29. The zero-order valence-corrected chi connectivity index (χ0v) is 21.8. The number of nitrogens with zero attached hydrogens (tertiary/aromatic N) is 2. The molecule has 0 aliphatic carbocycles. The van der Waals surface area contributed by atoms with E-state index >= 15 is 0 Å². The van der Waals surface area contributed by atoms with Gasteiger partial charge in [-0.25, -0.2) is 0 Å². The third-order valence-corrected chi connectivity index (χ3v) is 6.37. The van der Waals surface area contributed by atoms with E-state index in [-0.39, 0.29) is 0 Å². The molecule has 1 fully saturated rings. The molecule has 37 heavy (non-hydrogen) atoms. The van der Waals surface area contributed by atoms with Crippen LogP contribution in [-0.2, 0) is 14.3 Å². The number of hydrogen-bond acceptors (Lipinski definition) is 8. The van der Waals surface area contributed by atoms with Crippen molar-refractivity contribution >= 4 is 28.9 Å². The predicted octanol–water partition coefficient (Wildman–Crippen LogP) is 2.23. The molecule has 0 spiro atoms.